The van der Waals surface area contributed by atoms with Crippen molar-refractivity contribution in [3.8, 4) is 16.9 Å². The van der Waals surface area contributed by atoms with Crippen LogP contribution in [0.2, 0.25) is 0 Å². The molecule has 2 aliphatic heterocycles. The highest BCUT2D eigenvalue weighted by Gasteiger charge is 2.35. The first kappa shape index (κ1) is 29.7. The number of rotatable bonds is 9. The molecule has 0 spiro atoms. The number of carbonyl (C=O) groups excluding carboxylic acids is 1. The van der Waals surface area contributed by atoms with Crippen molar-refractivity contribution in [2.24, 2.45) is 0 Å². The molecule has 44 heavy (non-hydrogen) atoms. The Morgan fingerprint density at radius 3 is 2.57 bits per heavy atom. The standard InChI is InChI=1S/C32H38FN9O2/c1-22-29(24-18-35-31(36-19-24)41-13-11-34-12-14-41)39-42(26-9-4-3-5-10-26)30(22)38-32(43)37-28-21-40(15-16-44-2)20-27(28)23-7-6-8-25(33)17-23/h3-10,17-19,27-28,34H,11-16,20-21H2,1-2H3,(H2,37,38,43)/t27-,28+/m0/s1. The van der Waals surface area contributed by atoms with Gasteiger partial charge in [-0.25, -0.2) is 23.8 Å². The van der Waals surface area contributed by atoms with E-state index in [1.165, 1.54) is 6.07 Å². The van der Waals surface area contributed by atoms with Crippen LogP contribution < -0.4 is 20.9 Å². The third kappa shape index (κ3) is 6.57. The second-order valence-electron chi connectivity index (χ2n) is 11.2. The van der Waals surface area contributed by atoms with E-state index in [0.29, 0.717) is 37.2 Å². The summed E-state index contributed by atoms with van der Waals surface area (Å²) in [6.45, 7) is 8.05. The van der Waals surface area contributed by atoms with Crippen molar-refractivity contribution in [3.63, 3.8) is 0 Å². The SMILES string of the molecule is COCCN1C[C@@H](NC(=O)Nc2c(C)c(-c3cnc(N4CCNCC4)nc3)nn2-c2ccccc2)[C@H](c2cccc(F)c2)C1. The maximum absolute atomic E-state index is 14.1. The highest BCUT2D eigenvalue weighted by Crippen LogP contribution is 2.31. The van der Waals surface area contributed by atoms with E-state index in [1.807, 2.05) is 43.3 Å². The number of carbonyl (C=O) groups is 1. The van der Waals surface area contributed by atoms with Crippen LogP contribution >= 0.6 is 0 Å². The quantitative estimate of drug-likeness (QED) is 0.268. The molecule has 2 aliphatic rings. The topological polar surface area (TPSA) is 112 Å². The van der Waals surface area contributed by atoms with Crippen LogP contribution in [-0.4, -0.2) is 96.3 Å². The van der Waals surface area contributed by atoms with Crippen LogP contribution in [0.25, 0.3) is 16.9 Å². The summed E-state index contributed by atoms with van der Waals surface area (Å²) < 4.78 is 21.2. The van der Waals surface area contributed by atoms with Crippen LogP contribution in [-0.2, 0) is 4.74 Å². The average Bonchev–Trinajstić information content (AvgIpc) is 3.61. The molecule has 4 heterocycles. The predicted octanol–water partition coefficient (Wildman–Crippen LogP) is 3.42. The Morgan fingerprint density at radius 1 is 1.07 bits per heavy atom. The smallest absolute Gasteiger partial charge is 0.320 e. The molecular formula is C32H38FN9O2. The van der Waals surface area contributed by atoms with Crippen molar-refractivity contribution in [2.45, 2.75) is 18.9 Å². The Bertz CT molecular complexity index is 1560. The molecule has 12 heteroatoms. The maximum Gasteiger partial charge on any atom is 0.320 e. The number of methoxy groups -OCH3 is 1. The highest BCUT2D eigenvalue weighted by molar-refractivity contribution is 5.91. The van der Waals surface area contributed by atoms with E-state index in [0.717, 1.165) is 55.1 Å². The zero-order chi connectivity index (χ0) is 30.5. The summed E-state index contributed by atoms with van der Waals surface area (Å²) in [5.74, 6) is 0.875. The van der Waals surface area contributed by atoms with Gasteiger partial charge in [-0.1, -0.05) is 30.3 Å². The van der Waals surface area contributed by atoms with E-state index >= 15 is 0 Å². The number of hydrogen-bond donors (Lipinski definition) is 3. The molecule has 6 rings (SSSR count). The first-order chi connectivity index (χ1) is 21.5. The van der Waals surface area contributed by atoms with Crippen LogP contribution in [0.15, 0.2) is 67.0 Å². The molecule has 0 saturated carbocycles. The summed E-state index contributed by atoms with van der Waals surface area (Å²) in [5.41, 5.74) is 3.89. The Balaban J connectivity index is 1.25. The highest BCUT2D eigenvalue weighted by atomic mass is 19.1. The minimum absolute atomic E-state index is 0.0738. The van der Waals surface area contributed by atoms with Crippen LogP contribution in [0.4, 0.5) is 21.0 Å². The Morgan fingerprint density at radius 2 is 1.84 bits per heavy atom. The van der Waals surface area contributed by atoms with Crippen molar-refractivity contribution in [2.75, 3.05) is 69.7 Å². The first-order valence-corrected chi connectivity index (χ1v) is 15.0. The van der Waals surface area contributed by atoms with Gasteiger partial charge in [0.1, 0.15) is 17.3 Å². The van der Waals surface area contributed by atoms with Crippen molar-refractivity contribution in [1.29, 1.82) is 0 Å². The number of para-hydroxylation sites is 1. The average molecular weight is 600 g/mol. The van der Waals surface area contributed by atoms with Crippen LogP contribution in [0, 0.1) is 12.7 Å². The number of halogens is 1. The molecule has 11 nitrogen and oxygen atoms in total. The fourth-order valence-electron chi connectivity index (χ4n) is 5.97. The lowest BCUT2D eigenvalue weighted by atomic mass is 9.94. The van der Waals surface area contributed by atoms with Crippen molar-refractivity contribution in [1.82, 2.24) is 35.3 Å². The Hall–Kier alpha value is -4.39. The first-order valence-electron chi connectivity index (χ1n) is 15.0. The van der Waals surface area contributed by atoms with Gasteiger partial charge in [-0.2, -0.15) is 5.10 Å². The maximum atomic E-state index is 14.1. The molecule has 0 radical (unpaired) electrons. The van der Waals surface area contributed by atoms with Gasteiger partial charge < -0.3 is 20.3 Å². The second-order valence-corrected chi connectivity index (χ2v) is 11.2. The zero-order valence-corrected chi connectivity index (χ0v) is 25.0. The van der Waals surface area contributed by atoms with Crippen molar-refractivity contribution >= 4 is 17.8 Å². The van der Waals surface area contributed by atoms with Gasteiger partial charge in [-0.15, -0.1) is 0 Å². The largest absolute Gasteiger partial charge is 0.383 e. The molecule has 2 aromatic carbocycles. The number of urea groups is 1. The number of nitrogens with one attached hydrogen (secondary N) is 3. The lowest BCUT2D eigenvalue weighted by Gasteiger charge is -2.27. The van der Waals surface area contributed by atoms with E-state index in [9.17, 15) is 9.18 Å². The molecule has 0 aliphatic carbocycles. The number of likely N-dealkylation sites (tertiary alicyclic amines) is 1. The van der Waals surface area contributed by atoms with E-state index in [1.54, 1.807) is 36.3 Å². The number of anilines is 2. The lowest BCUT2D eigenvalue weighted by molar-refractivity contribution is 0.159. The van der Waals surface area contributed by atoms with Gasteiger partial charge in [0.25, 0.3) is 0 Å². The van der Waals surface area contributed by atoms with Gasteiger partial charge in [-0.05, 0) is 36.8 Å². The summed E-state index contributed by atoms with van der Waals surface area (Å²) in [6.07, 6.45) is 3.57. The van der Waals surface area contributed by atoms with Crippen LogP contribution in [0.1, 0.15) is 17.0 Å². The Kier molecular flexibility index (Phi) is 9.10. The predicted molar refractivity (Wildman–Crippen MR) is 168 cm³/mol. The summed E-state index contributed by atoms with van der Waals surface area (Å²) in [7, 11) is 1.67. The molecule has 2 saturated heterocycles. The molecule has 0 bridgehead atoms. The van der Waals surface area contributed by atoms with Crippen molar-refractivity contribution < 1.29 is 13.9 Å². The third-order valence-electron chi connectivity index (χ3n) is 8.27. The fourth-order valence-corrected chi connectivity index (χ4v) is 5.97. The summed E-state index contributed by atoms with van der Waals surface area (Å²) in [5, 5.41) is 14.5. The number of amides is 2. The molecule has 2 amide bonds. The van der Waals surface area contributed by atoms with Gasteiger partial charge in [-0.3, -0.25) is 10.2 Å². The minimum atomic E-state index is -0.359. The van der Waals surface area contributed by atoms with E-state index in [-0.39, 0.29) is 23.8 Å². The second kappa shape index (κ2) is 13.5. The number of ether oxygens (including phenoxy) is 1. The van der Waals surface area contributed by atoms with E-state index < -0.39 is 0 Å². The monoisotopic (exact) mass is 599 g/mol. The molecule has 3 N–H and O–H groups in total. The van der Waals surface area contributed by atoms with Crippen LogP contribution in [0.5, 0.6) is 0 Å². The fraction of sp³-hybridized carbons (Fsp3) is 0.375. The van der Waals surface area contributed by atoms with Gasteiger partial charge in [0.15, 0.2) is 0 Å². The molecule has 0 unspecified atom stereocenters. The summed E-state index contributed by atoms with van der Waals surface area (Å²) >= 11 is 0. The molecule has 2 aromatic heterocycles. The van der Waals surface area contributed by atoms with Gasteiger partial charge in [0.2, 0.25) is 5.95 Å². The number of aromatic nitrogens is 4. The lowest BCUT2D eigenvalue weighted by Crippen LogP contribution is -2.44. The van der Waals surface area contributed by atoms with Crippen molar-refractivity contribution in [3.05, 3.63) is 83.9 Å². The normalized spacial score (nSPS) is 18.8. The molecule has 2 fully saturated rings. The molecule has 230 valence electrons. The van der Waals surface area contributed by atoms with Gasteiger partial charge in [0.05, 0.1) is 18.3 Å². The Labute approximate surface area is 256 Å². The minimum Gasteiger partial charge on any atom is -0.383 e. The summed E-state index contributed by atoms with van der Waals surface area (Å²) in [6, 6.07) is 15.7. The number of nitrogens with zero attached hydrogens (tertiary/aromatic N) is 6. The molecular weight excluding hydrogens is 561 g/mol. The van der Waals surface area contributed by atoms with E-state index in [2.05, 4.69) is 35.7 Å². The molecule has 2 atom stereocenters. The third-order valence-corrected chi connectivity index (χ3v) is 8.27. The number of benzene rings is 2. The van der Waals surface area contributed by atoms with Gasteiger partial charge in [0, 0.05) is 82.4 Å². The molecule has 4 aromatic rings. The summed E-state index contributed by atoms with van der Waals surface area (Å²) in [4.78, 5) is 27.3. The zero-order valence-electron chi connectivity index (χ0n) is 25.0. The number of hydrogen-bond acceptors (Lipinski definition) is 8. The van der Waals surface area contributed by atoms with E-state index in [4.69, 9.17) is 9.84 Å². The number of piperazine rings is 1. The van der Waals surface area contributed by atoms with Gasteiger partial charge >= 0.3 is 6.03 Å². The van der Waals surface area contributed by atoms with Crippen LogP contribution in [0.3, 0.4) is 0 Å².